The topological polar surface area (TPSA) is 12.0 Å². The normalized spacial score (nSPS) is 12.3. The van der Waals surface area contributed by atoms with Gasteiger partial charge in [0.05, 0.1) is 0 Å². The number of nitrogens with one attached hydrogen (secondary N) is 1. The van der Waals surface area contributed by atoms with E-state index in [9.17, 15) is 0 Å². The highest BCUT2D eigenvalue weighted by Gasteiger charge is 2.13. The summed E-state index contributed by atoms with van der Waals surface area (Å²) in [5.74, 6) is 1.06. The van der Waals surface area contributed by atoms with Crippen molar-refractivity contribution in [1.29, 1.82) is 0 Å². The molecule has 2 rings (SSSR count). The second kappa shape index (κ2) is 7.51. The van der Waals surface area contributed by atoms with Gasteiger partial charge in [-0.1, -0.05) is 43.3 Å². The first-order valence-electron chi connectivity index (χ1n) is 7.19. The van der Waals surface area contributed by atoms with Gasteiger partial charge in [0.1, 0.15) is 0 Å². The number of aryl methyl sites for hydroxylation is 1. The van der Waals surface area contributed by atoms with Crippen LogP contribution in [0.3, 0.4) is 0 Å². The molecule has 0 aliphatic rings. The molecule has 1 atom stereocenters. The van der Waals surface area contributed by atoms with Crippen LogP contribution in [0.5, 0.6) is 0 Å². The third-order valence-corrected chi connectivity index (χ3v) is 4.74. The van der Waals surface area contributed by atoms with Crippen molar-refractivity contribution in [3.05, 3.63) is 65.2 Å². The third kappa shape index (κ3) is 3.87. The van der Waals surface area contributed by atoms with Crippen molar-refractivity contribution in [2.75, 3.05) is 12.3 Å². The van der Waals surface area contributed by atoms with Gasteiger partial charge >= 0.3 is 0 Å². The molecule has 0 radical (unpaired) electrons. The van der Waals surface area contributed by atoms with E-state index >= 15 is 0 Å². The fourth-order valence-electron chi connectivity index (χ4n) is 2.35. The summed E-state index contributed by atoms with van der Waals surface area (Å²) in [6.45, 7) is 7.58. The second-order valence-electron chi connectivity index (χ2n) is 5.02. The Kier molecular flexibility index (Phi) is 5.69. The fourth-order valence-corrected chi connectivity index (χ4v) is 3.36. The van der Waals surface area contributed by atoms with Crippen molar-refractivity contribution in [3.63, 3.8) is 0 Å². The zero-order chi connectivity index (χ0) is 14.4. The predicted octanol–water partition coefficient (Wildman–Crippen LogP) is 4.75. The summed E-state index contributed by atoms with van der Waals surface area (Å²) in [7, 11) is 0. The van der Waals surface area contributed by atoms with Crippen LogP contribution >= 0.6 is 11.8 Å². The van der Waals surface area contributed by atoms with Gasteiger partial charge in [0, 0.05) is 16.7 Å². The first-order valence-corrected chi connectivity index (χ1v) is 8.18. The molecule has 106 valence electrons. The SMILES string of the molecule is CCNC(CSc1ccccc1)c1cccc(C)c1C. The number of benzene rings is 2. The van der Waals surface area contributed by atoms with Crippen molar-refractivity contribution in [3.8, 4) is 0 Å². The maximum Gasteiger partial charge on any atom is 0.0418 e. The van der Waals surface area contributed by atoms with E-state index < -0.39 is 0 Å². The molecule has 2 aromatic carbocycles. The van der Waals surface area contributed by atoms with E-state index in [1.807, 2.05) is 11.8 Å². The summed E-state index contributed by atoms with van der Waals surface area (Å²) in [6, 6.07) is 17.6. The van der Waals surface area contributed by atoms with Crippen LogP contribution in [-0.4, -0.2) is 12.3 Å². The standard InChI is InChI=1S/C18H23NS/c1-4-19-18(13-20-16-10-6-5-7-11-16)17-12-8-9-14(2)15(17)3/h5-12,18-19H,4,13H2,1-3H3. The maximum atomic E-state index is 3.62. The smallest absolute Gasteiger partial charge is 0.0418 e. The molecule has 1 nitrogen and oxygen atoms in total. The zero-order valence-corrected chi connectivity index (χ0v) is 13.3. The molecular weight excluding hydrogens is 262 g/mol. The minimum Gasteiger partial charge on any atom is -0.309 e. The largest absolute Gasteiger partial charge is 0.309 e. The van der Waals surface area contributed by atoms with E-state index in [0.29, 0.717) is 6.04 Å². The van der Waals surface area contributed by atoms with Gasteiger partial charge in [-0.3, -0.25) is 0 Å². The van der Waals surface area contributed by atoms with Gasteiger partial charge in [0.25, 0.3) is 0 Å². The molecule has 20 heavy (non-hydrogen) atoms. The summed E-state index contributed by atoms with van der Waals surface area (Å²) < 4.78 is 0. The summed E-state index contributed by atoms with van der Waals surface area (Å²) in [5.41, 5.74) is 4.21. The predicted molar refractivity (Wildman–Crippen MR) is 89.5 cm³/mol. The maximum absolute atomic E-state index is 3.62. The Balaban J connectivity index is 2.12. The highest BCUT2D eigenvalue weighted by Crippen LogP contribution is 2.27. The Bertz CT molecular complexity index is 536. The van der Waals surface area contributed by atoms with Crippen molar-refractivity contribution in [1.82, 2.24) is 5.32 Å². The zero-order valence-electron chi connectivity index (χ0n) is 12.5. The van der Waals surface area contributed by atoms with Gasteiger partial charge in [-0.2, -0.15) is 0 Å². The van der Waals surface area contributed by atoms with E-state index in [0.717, 1.165) is 12.3 Å². The van der Waals surface area contributed by atoms with E-state index in [2.05, 4.69) is 74.6 Å². The molecule has 1 N–H and O–H groups in total. The third-order valence-electron chi connectivity index (χ3n) is 3.63. The molecule has 0 amide bonds. The molecule has 2 aromatic rings. The van der Waals surface area contributed by atoms with Crippen LogP contribution in [0.4, 0.5) is 0 Å². The highest BCUT2D eigenvalue weighted by molar-refractivity contribution is 7.99. The van der Waals surface area contributed by atoms with E-state index in [1.54, 1.807) is 0 Å². The number of hydrogen-bond donors (Lipinski definition) is 1. The molecule has 0 saturated heterocycles. The lowest BCUT2D eigenvalue weighted by atomic mass is 9.98. The van der Waals surface area contributed by atoms with Crippen LogP contribution in [0.1, 0.15) is 29.7 Å². The summed E-state index contributed by atoms with van der Waals surface area (Å²) >= 11 is 1.92. The molecule has 1 unspecified atom stereocenters. The average Bonchev–Trinajstić information content (AvgIpc) is 2.48. The summed E-state index contributed by atoms with van der Waals surface area (Å²) in [5, 5.41) is 3.62. The highest BCUT2D eigenvalue weighted by atomic mass is 32.2. The molecule has 0 aromatic heterocycles. The minimum absolute atomic E-state index is 0.408. The number of rotatable bonds is 6. The Morgan fingerprint density at radius 1 is 1.00 bits per heavy atom. The van der Waals surface area contributed by atoms with Crippen LogP contribution in [0.2, 0.25) is 0 Å². The molecule has 0 spiro atoms. The Labute approximate surface area is 126 Å². The Morgan fingerprint density at radius 3 is 2.45 bits per heavy atom. The monoisotopic (exact) mass is 285 g/mol. The van der Waals surface area contributed by atoms with Gasteiger partial charge in [-0.05, 0) is 49.2 Å². The first kappa shape index (κ1) is 15.1. The van der Waals surface area contributed by atoms with Crippen LogP contribution in [-0.2, 0) is 0 Å². The van der Waals surface area contributed by atoms with Gasteiger partial charge in [-0.25, -0.2) is 0 Å². The molecule has 0 saturated carbocycles. The molecule has 0 heterocycles. The van der Waals surface area contributed by atoms with Gasteiger partial charge in [-0.15, -0.1) is 11.8 Å². The number of hydrogen-bond acceptors (Lipinski definition) is 2. The minimum atomic E-state index is 0.408. The average molecular weight is 285 g/mol. The molecule has 0 aliphatic carbocycles. The molecule has 2 heteroatoms. The van der Waals surface area contributed by atoms with E-state index in [4.69, 9.17) is 0 Å². The Hall–Kier alpha value is -1.25. The van der Waals surface area contributed by atoms with Crippen LogP contribution in [0.15, 0.2) is 53.4 Å². The lowest BCUT2D eigenvalue weighted by molar-refractivity contribution is 0.602. The van der Waals surface area contributed by atoms with Crippen molar-refractivity contribution in [2.45, 2.75) is 31.7 Å². The van der Waals surface area contributed by atoms with Crippen LogP contribution in [0, 0.1) is 13.8 Å². The molecular formula is C18H23NS. The van der Waals surface area contributed by atoms with Crippen molar-refractivity contribution in [2.24, 2.45) is 0 Å². The quantitative estimate of drug-likeness (QED) is 0.769. The van der Waals surface area contributed by atoms with Crippen LogP contribution < -0.4 is 5.32 Å². The Morgan fingerprint density at radius 2 is 1.75 bits per heavy atom. The summed E-state index contributed by atoms with van der Waals surface area (Å²) in [6.07, 6.45) is 0. The second-order valence-corrected chi connectivity index (χ2v) is 6.12. The first-order chi connectivity index (χ1) is 9.72. The van der Waals surface area contributed by atoms with E-state index in [-0.39, 0.29) is 0 Å². The van der Waals surface area contributed by atoms with Gasteiger partial charge in [0.2, 0.25) is 0 Å². The molecule has 0 fully saturated rings. The van der Waals surface area contributed by atoms with E-state index in [1.165, 1.54) is 21.6 Å². The van der Waals surface area contributed by atoms with Crippen molar-refractivity contribution < 1.29 is 0 Å². The van der Waals surface area contributed by atoms with Gasteiger partial charge in [0.15, 0.2) is 0 Å². The lowest BCUT2D eigenvalue weighted by Crippen LogP contribution is -2.24. The van der Waals surface area contributed by atoms with Gasteiger partial charge < -0.3 is 5.32 Å². The van der Waals surface area contributed by atoms with Crippen molar-refractivity contribution >= 4 is 11.8 Å². The van der Waals surface area contributed by atoms with Crippen LogP contribution in [0.25, 0.3) is 0 Å². The number of thioether (sulfide) groups is 1. The lowest BCUT2D eigenvalue weighted by Gasteiger charge is -2.21. The molecule has 0 bridgehead atoms. The fraction of sp³-hybridized carbons (Fsp3) is 0.333. The summed E-state index contributed by atoms with van der Waals surface area (Å²) in [4.78, 5) is 1.33. The molecule has 0 aliphatic heterocycles.